The van der Waals surface area contributed by atoms with E-state index in [1.807, 2.05) is 0 Å². The van der Waals surface area contributed by atoms with Crippen molar-refractivity contribution in [3.8, 4) is 0 Å². The second kappa shape index (κ2) is 6.75. The number of benzene rings is 1. The van der Waals surface area contributed by atoms with Crippen LogP contribution in [0.3, 0.4) is 0 Å². The summed E-state index contributed by atoms with van der Waals surface area (Å²) < 4.78 is 39.6. The zero-order valence-corrected chi connectivity index (χ0v) is 13.6. The van der Waals surface area contributed by atoms with Gasteiger partial charge in [0.15, 0.2) is 0 Å². The van der Waals surface area contributed by atoms with Crippen molar-refractivity contribution in [2.75, 3.05) is 6.54 Å². The van der Waals surface area contributed by atoms with Crippen LogP contribution >= 0.6 is 0 Å². The molecule has 0 unspecified atom stereocenters. The van der Waals surface area contributed by atoms with E-state index in [1.165, 1.54) is 28.6 Å². The third-order valence-electron chi connectivity index (χ3n) is 3.68. The zero-order valence-electron chi connectivity index (χ0n) is 12.8. The molecule has 22 heavy (non-hydrogen) atoms. The zero-order chi connectivity index (χ0) is 16.3. The molecule has 1 atom stereocenters. The van der Waals surface area contributed by atoms with Crippen molar-refractivity contribution >= 4 is 15.9 Å². The van der Waals surface area contributed by atoms with Gasteiger partial charge in [0.2, 0.25) is 15.9 Å². The summed E-state index contributed by atoms with van der Waals surface area (Å²) >= 11 is 0. The van der Waals surface area contributed by atoms with Gasteiger partial charge in [-0.3, -0.25) is 4.79 Å². The average Bonchev–Trinajstić information content (AvgIpc) is 2.83. The highest BCUT2D eigenvalue weighted by molar-refractivity contribution is 7.88. The van der Waals surface area contributed by atoms with E-state index in [1.54, 1.807) is 13.8 Å². The van der Waals surface area contributed by atoms with E-state index in [0.29, 0.717) is 18.4 Å². The van der Waals surface area contributed by atoms with Crippen LogP contribution in [0.15, 0.2) is 24.3 Å². The van der Waals surface area contributed by atoms with E-state index in [0.717, 1.165) is 0 Å². The fourth-order valence-electron chi connectivity index (χ4n) is 2.55. The van der Waals surface area contributed by atoms with Crippen LogP contribution in [-0.2, 0) is 20.6 Å². The SMILES string of the molecule is CC(C)N(C[C@H]1CCC(=O)N1)S(=O)(=O)Cc1ccc(F)cc1. The molecule has 0 aliphatic carbocycles. The van der Waals surface area contributed by atoms with Gasteiger partial charge in [-0.2, -0.15) is 4.31 Å². The number of nitrogens with one attached hydrogen (secondary N) is 1. The second-order valence-electron chi connectivity index (χ2n) is 5.85. The molecular weight excluding hydrogens is 307 g/mol. The summed E-state index contributed by atoms with van der Waals surface area (Å²) in [6.45, 7) is 3.88. The normalized spacial score (nSPS) is 19.0. The first-order valence-electron chi connectivity index (χ1n) is 7.31. The molecule has 0 bridgehead atoms. The first-order valence-corrected chi connectivity index (χ1v) is 8.92. The number of hydrogen-bond donors (Lipinski definition) is 1. The van der Waals surface area contributed by atoms with Gasteiger partial charge in [-0.1, -0.05) is 12.1 Å². The van der Waals surface area contributed by atoms with Gasteiger partial charge in [-0.05, 0) is 38.0 Å². The van der Waals surface area contributed by atoms with Gasteiger partial charge >= 0.3 is 0 Å². The predicted octanol–water partition coefficient (Wildman–Crippen LogP) is 1.64. The fourth-order valence-corrected chi connectivity index (χ4v) is 4.38. The van der Waals surface area contributed by atoms with Crippen molar-refractivity contribution in [1.82, 2.24) is 9.62 Å². The Balaban J connectivity index is 2.11. The lowest BCUT2D eigenvalue weighted by atomic mass is 10.2. The van der Waals surface area contributed by atoms with Crippen molar-refractivity contribution in [1.29, 1.82) is 0 Å². The number of rotatable bonds is 6. The quantitative estimate of drug-likeness (QED) is 0.863. The lowest BCUT2D eigenvalue weighted by molar-refractivity contribution is -0.119. The number of amides is 1. The van der Waals surface area contributed by atoms with Gasteiger partial charge in [-0.25, -0.2) is 12.8 Å². The summed E-state index contributed by atoms with van der Waals surface area (Å²) in [6, 6.07) is 5.11. The summed E-state index contributed by atoms with van der Waals surface area (Å²) in [5.74, 6) is -0.605. The van der Waals surface area contributed by atoms with Crippen LogP contribution in [0, 0.1) is 5.82 Å². The first kappa shape index (κ1) is 16.9. The average molecular weight is 328 g/mol. The van der Waals surface area contributed by atoms with Gasteiger partial charge in [-0.15, -0.1) is 0 Å². The Hall–Kier alpha value is -1.47. The van der Waals surface area contributed by atoms with Gasteiger partial charge < -0.3 is 5.32 Å². The lowest BCUT2D eigenvalue weighted by Gasteiger charge is -2.28. The Morgan fingerprint density at radius 1 is 1.32 bits per heavy atom. The molecule has 0 saturated carbocycles. The molecule has 0 aromatic heterocycles. The van der Waals surface area contributed by atoms with E-state index in [4.69, 9.17) is 0 Å². The van der Waals surface area contributed by atoms with Crippen molar-refractivity contribution in [2.24, 2.45) is 0 Å². The van der Waals surface area contributed by atoms with Gasteiger partial charge in [0.05, 0.1) is 5.75 Å². The van der Waals surface area contributed by atoms with E-state index in [2.05, 4.69) is 5.32 Å². The van der Waals surface area contributed by atoms with Gasteiger partial charge in [0, 0.05) is 25.0 Å². The van der Waals surface area contributed by atoms with Crippen molar-refractivity contribution < 1.29 is 17.6 Å². The van der Waals surface area contributed by atoms with Gasteiger partial charge in [0.25, 0.3) is 0 Å². The Morgan fingerprint density at radius 2 is 1.95 bits per heavy atom. The number of carbonyl (C=O) groups excluding carboxylic acids is 1. The van der Waals surface area contributed by atoms with Gasteiger partial charge in [0.1, 0.15) is 5.82 Å². The van der Waals surface area contributed by atoms with Crippen LogP contribution in [0.2, 0.25) is 0 Å². The van der Waals surface area contributed by atoms with Crippen molar-refractivity contribution in [3.63, 3.8) is 0 Å². The van der Waals surface area contributed by atoms with E-state index in [-0.39, 0.29) is 30.3 Å². The molecule has 7 heteroatoms. The molecule has 5 nitrogen and oxygen atoms in total. The summed E-state index contributed by atoms with van der Waals surface area (Å²) in [6.07, 6.45) is 1.09. The molecule has 1 aromatic carbocycles. The van der Waals surface area contributed by atoms with Crippen LogP contribution in [-0.4, -0.2) is 37.3 Å². The third kappa shape index (κ3) is 4.27. The molecule has 1 fully saturated rings. The lowest BCUT2D eigenvalue weighted by Crippen LogP contribution is -2.45. The topological polar surface area (TPSA) is 66.5 Å². The molecule has 2 rings (SSSR count). The third-order valence-corrected chi connectivity index (χ3v) is 5.66. The summed E-state index contributed by atoms with van der Waals surface area (Å²) in [7, 11) is -3.53. The van der Waals surface area contributed by atoms with Crippen LogP contribution in [0.25, 0.3) is 0 Å². The fraction of sp³-hybridized carbons (Fsp3) is 0.533. The Bertz CT molecular complexity index is 629. The first-order chi connectivity index (χ1) is 10.3. The summed E-state index contributed by atoms with van der Waals surface area (Å²) in [5.41, 5.74) is 0.544. The maximum atomic E-state index is 12.9. The molecule has 1 amide bonds. The molecule has 1 aromatic rings. The van der Waals surface area contributed by atoms with E-state index >= 15 is 0 Å². The molecule has 1 aliphatic rings. The largest absolute Gasteiger partial charge is 0.352 e. The molecule has 1 aliphatic heterocycles. The highest BCUT2D eigenvalue weighted by atomic mass is 32.2. The van der Waals surface area contributed by atoms with Crippen LogP contribution < -0.4 is 5.32 Å². The van der Waals surface area contributed by atoms with Crippen LogP contribution in [0.1, 0.15) is 32.3 Å². The number of carbonyl (C=O) groups is 1. The monoisotopic (exact) mass is 328 g/mol. The number of hydrogen-bond acceptors (Lipinski definition) is 3. The summed E-state index contributed by atoms with van der Waals surface area (Å²) in [4.78, 5) is 11.3. The highest BCUT2D eigenvalue weighted by Crippen LogP contribution is 2.17. The number of halogens is 1. The smallest absolute Gasteiger partial charge is 0.220 e. The Kier molecular flexibility index (Phi) is 5.18. The number of sulfonamides is 1. The maximum absolute atomic E-state index is 12.9. The molecule has 0 radical (unpaired) electrons. The molecule has 1 heterocycles. The molecule has 1 N–H and O–H groups in total. The maximum Gasteiger partial charge on any atom is 0.220 e. The minimum atomic E-state index is -3.53. The molecular formula is C15H21FN2O3S. The standard InChI is InChI=1S/C15H21FN2O3S/c1-11(2)18(9-14-7-8-15(19)17-14)22(20,21)10-12-3-5-13(16)6-4-12/h3-6,11,14H,7-10H2,1-2H3,(H,17,19)/t14-/m1/s1. The van der Waals surface area contributed by atoms with Crippen molar-refractivity contribution in [3.05, 3.63) is 35.6 Å². The van der Waals surface area contributed by atoms with Crippen LogP contribution in [0.5, 0.6) is 0 Å². The predicted molar refractivity (Wildman–Crippen MR) is 82.0 cm³/mol. The summed E-state index contributed by atoms with van der Waals surface area (Å²) in [5, 5.41) is 2.79. The Labute approximate surface area is 130 Å². The van der Waals surface area contributed by atoms with E-state index in [9.17, 15) is 17.6 Å². The Morgan fingerprint density at radius 3 is 2.45 bits per heavy atom. The number of nitrogens with zero attached hydrogens (tertiary/aromatic N) is 1. The molecule has 0 spiro atoms. The molecule has 1 saturated heterocycles. The second-order valence-corrected chi connectivity index (χ2v) is 7.77. The molecule has 122 valence electrons. The van der Waals surface area contributed by atoms with Crippen molar-refractivity contribution in [2.45, 2.75) is 44.5 Å². The highest BCUT2D eigenvalue weighted by Gasteiger charge is 2.31. The minimum Gasteiger partial charge on any atom is -0.352 e. The minimum absolute atomic E-state index is 0.0374. The van der Waals surface area contributed by atoms with E-state index < -0.39 is 15.8 Å². The van der Waals surface area contributed by atoms with Crippen LogP contribution in [0.4, 0.5) is 4.39 Å².